The number of hydrogen-bond donors (Lipinski definition) is 0. The molecule has 0 amide bonds. The SMILES string of the molecule is CC(C)OC(=O)c1cc(F)c(-n2nc(CF)n(CC=O)c2=O)nc1O[C@@H](C)C(F)(F)F. The standard InChI is InChI=1S/C17H17F5N4O5/c1-8(2)30-15(28)10-6-11(19)13(23-14(10)31-9(3)17(20,21)22)26-16(29)25(4-5-27)12(7-18)24-26/h5-6,8-9H,4,7H2,1-3H3/t9-/m0/s1. The molecule has 14 heteroatoms. The fraction of sp³-hybridized carbons (Fsp3) is 0.471. The summed E-state index contributed by atoms with van der Waals surface area (Å²) in [6.45, 7) is 1.62. The molecule has 0 spiro atoms. The van der Waals surface area contributed by atoms with Crippen LogP contribution in [0.1, 0.15) is 37.0 Å². The van der Waals surface area contributed by atoms with E-state index in [-0.39, 0.29) is 11.0 Å². The average molecular weight is 452 g/mol. The Hall–Kier alpha value is -3.32. The molecule has 0 radical (unpaired) electrons. The third-order valence-electron chi connectivity index (χ3n) is 3.75. The number of alkyl halides is 4. The fourth-order valence-corrected chi connectivity index (χ4v) is 2.29. The lowest BCUT2D eigenvalue weighted by Gasteiger charge is -2.19. The van der Waals surface area contributed by atoms with Gasteiger partial charge in [0, 0.05) is 0 Å². The lowest BCUT2D eigenvalue weighted by atomic mass is 10.2. The summed E-state index contributed by atoms with van der Waals surface area (Å²) >= 11 is 0. The predicted molar refractivity (Wildman–Crippen MR) is 93.1 cm³/mol. The normalized spacial score (nSPS) is 12.7. The molecule has 170 valence electrons. The van der Waals surface area contributed by atoms with E-state index in [4.69, 9.17) is 9.47 Å². The van der Waals surface area contributed by atoms with E-state index in [0.717, 1.165) is 0 Å². The summed E-state index contributed by atoms with van der Waals surface area (Å²) in [4.78, 5) is 38.8. The number of carbonyl (C=O) groups is 2. The Balaban J connectivity index is 2.68. The Morgan fingerprint density at radius 1 is 1.29 bits per heavy atom. The summed E-state index contributed by atoms with van der Waals surface area (Å²) in [5.41, 5.74) is -1.95. The second kappa shape index (κ2) is 9.22. The zero-order valence-corrected chi connectivity index (χ0v) is 16.4. The maximum Gasteiger partial charge on any atom is 0.425 e. The van der Waals surface area contributed by atoms with Crippen LogP contribution in [0.25, 0.3) is 5.82 Å². The third-order valence-corrected chi connectivity index (χ3v) is 3.75. The molecule has 0 unspecified atom stereocenters. The van der Waals surface area contributed by atoms with Gasteiger partial charge in [0.2, 0.25) is 5.88 Å². The van der Waals surface area contributed by atoms with E-state index < -0.39 is 72.2 Å². The first-order valence-corrected chi connectivity index (χ1v) is 8.74. The van der Waals surface area contributed by atoms with Gasteiger partial charge in [0.25, 0.3) is 0 Å². The van der Waals surface area contributed by atoms with E-state index in [1.54, 1.807) is 0 Å². The van der Waals surface area contributed by atoms with Crippen LogP contribution in [0.15, 0.2) is 10.9 Å². The minimum Gasteiger partial charge on any atom is -0.464 e. The number of aldehydes is 1. The second-order valence-corrected chi connectivity index (χ2v) is 6.42. The Kier molecular flexibility index (Phi) is 7.13. The number of nitrogens with zero attached hydrogens (tertiary/aromatic N) is 4. The van der Waals surface area contributed by atoms with Gasteiger partial charge in [-0.3, -0.25) is 4.57 Å². The topological polar surface area (TPSA) is 105 Å². The van der Waals surface area contributed by atoms with Crippen molar-refractivity contribution in [3.05, 3.63) is 33.8 Å². The molecular weight excluding hydrogens is 435 g/mol. The van der Waals surface area contributed by atoms with Gasteiger partial charge in [-0.05, 0) is 26.8 Å². The van der Waals surface area contributed by atoms with Gasteiger partial charge in [-0.25, -0.2) is 18.4 Å². The van der Waals surface area contributed by atoms with Crippen LogP contribution in [0.3, 0.4) is 0 Å². The number of ether oxygens (including phenoxy) is 2. The van der Waals surface area contributed by atoms with Crippen molar-refractivity contribution in [3.8, 4) is 11.7 Å². The molecule has 0 bridgehead atoms. The first-order valence-electron chi connectivity index (χ1n) is 8.74. The van der Waals surface area contributed by atoms with Crippen LogP contribution in [0.5, 0.6) is 5.88 Å². The fourth-order valence-electron chi connectivity index (χ4n) is 2.29. The minimum absolute atomic E-state index is 0.246. The summed E-state index contributed by atoms with van der Waals surface area (Å²) in [5.74, 6) is -5.07. The molecular formula is C17H17F5N4O5. The van der Waals surface area contributed by atoms with Gasteiger partial charge in [-0.15, -0.1) is 5.10 Å². The van der Waals surface area contributed by atoms with Gasteiger partial charge >= 0.3 is 17.8 Å². The molecule has 2 rings (SSSR count). The molecule has 0 fully saturated rings. The first kappa shape index (κ1) is 24.0. The number of aromatic nitrogens is 4. The molecule has 0 N–H and O–H groups in total. The van der Waals surface area contributed by atoms with E-state index in [0.29, 0.717) is 17.6 Å². The van der Waals surface area contributed by atoms with Crippen LogP contribution < -0.4 is 10.4 Å². The molecule has 2 aromatic heterocycles. The number of rotatable bonds is 8. The Labute approximate surface area is 171 Å². The van der Waals surface area contributed by atoms with Crippen LogP contribution in [0.4, 0.5) is 22.0 Å². The first-order chi connectivity index (χ1) is 14.4. The monoisotopic (exact) mass is 452 g/mol. The Morgan fingerprint density at radius 3 is 2.45 bits per heavy atom. The molecule has 0 saturated heterocycles. The Morgan fingerprint density at radius 2 is 1.94 bits per heavy atom. The van der Waals surface area contributed by atoms with Crippen LogP contribution in [0.2, 0.25) is 0 Å². The predicted octanol–water partition coefficient (Wildman–Crippen LogP) is 2.13. The maximum atomic E-state index is 14.7. The minimum atomic E-state index is -4.86. The smallest absolute Gasteiger partial charge is 0.425 e. The molecule has 0 aromatic carbocycles. The van der Waals surface area contributed by atoms with Crippen molar-refractivity contribution in [2.75, 3.05) is 0 Å². The number of hydrogen-bond acceptors (Lipinski definition) is 7. The highest BCUT2D eigenvalue weighted by molar-refractivity contribution is 5.92. The Bertz CT molecular complexity index is 1030. The molecule has 0 saturated carbocycles. The van der Waals surface area contributed by atoms with E-state index in [1.807, 2.05) is 0 Å². The second-order valence-electron chi connectivity index (χ2n) is 6.42. The van der Waals surface area contributed by atoms with Crippen molar-refractivity contribution >= 4 is 12.3 Å². The molecule has 0 aliphatic carbocycles. The molecule has 0 aliphatic rings. The maximum absolute atomic E-state index is 14.7. The van der Waals surface area contributed by atoms with Crippen molar-refractivity contribution in [3.63, 3.8) is 0 Å². The largest absolute Gasteiger partial charge is 0.464 e. The summed E-state index contributed by atoms with van der Waals surface area (Å²) < 4.78 is 77.0. The molecule has 2 aromatic rings. The molecule has 31 heavy (non-hydrogen) atoms. The van der Waals surface area contributed by atoms with E-state index in [9.17, 15) is 36.3 Å². The molecule has 0 aliphatic heterocycles. The zero-order valence-electron chi connectivity index (χ0n) is 16.4. The highest BCUT2D eigenvalue weighted by atomic mass is 19.4. The summed E-state index contributed by atoms with van der Waals surface area (Å²) in [6, 6.07) is 0.464. The number of halogens is 5. The van der Waals surface area contributed by atoms with Crippen LogP contribution in [-0.4, -0.2) is 50.0 Å². The highest BCUT2D eigenvalue weighted by Crippen LogP contribution is 2.28. The lowest BCUT2D eigenvalue weighted by molar-refractivity contribution is -0.190. The van der Waals surface area contributed by atoms with Gasteiger partial charge in [-0.1, -0.05) is 0 Å². The third kappa shape index (κ3) is 5.24. The summed E-state index contributed by atoms with van der Waals surface area (Å²) in [7, 11) is 0. The quantitative estimate of drug-likeness (QED) is 0.343. The van der Waals surface area contributed by atoms with Crippen LogP contribution in [-0.2, 0) is 22.8 Å². The number of esters is 1. The number of pyridine rings is 1. The molecule has 1 atom stereocenters. The highest BCUT2D eigenvalue weighted by Gasteiger charge is 2.39. The van der Waals surface area contributed by atoms with Crippen molar-refractivity contribution in [2.45, 2.75) is 52.4 Å². The van der Waals surface area contributed by atoms with Crippen molar-refractivity contribution < 1.29 is 41.0 Å². The van der Waals surface area contributed by atoms with Gasteiger partial charge in [0.15, 0.2) is 23.6 Å². The van der Waals surface area contributed by atoms with Crippen molar-refractivity contribution in [1.82, 2.24) is 19.3 Å². The van der Waals surface area contributed by atoms with E-state index in [2.05, 4.69) is 10.1 Å². The van der Waals surface area contributed by atoms with Gasteiger partial charge in [0.05, 0.1) is 12.6 Å². The van der Waals surface area contributed by atoms with E-state index in [1.165, 1.54) is 13.8 Å². The van der Waals surface area contributed by atoms with Gasteiger partial charge < -0.3 is 14.3 Å². The van der Waals surface area contributed by atoms with Crippen molar-refractivity contribution in [2.24, 2.45) is 0 Å². The van der Waals surface area contributed by atoms with Crippen LogP contribution >= 0.6 is 0 Å². The molecule has 9 nitrogen and oxygen atoms in total. The van der Waals surface area contributed by atoms with Crippen LogP contribution in [0, 0.1) is 5.82 Å². The average Bonchev–Trinajstić information content (AvgIpc) is 2.97. The molecule has 2 heterocycles. The lowest BCUT2D eigenvalue weighted by Crippen LogP contribution is -2.32. The van der Waals surface area contributed by atoms with E-state index >= 15 is 0 Å². The zero-order chi connectivity index (χ0) is 23.5. The van der Waals surface area contributed by atoms with Crippen molar-refractivity contribution in [1.29, 1.82) is 0 Å². The summed E-state index contributed by atoms with van der Waals surface area (Å²) in [6.07, 6.45) is -7.76. The summed E-state index contributed by atoms with van der Waals surface area (Å²) in [5, 5.41) is 3.51. The van der Waals surface area contributed by atoms with Gasteiger partial charge in [0.1, 0.15) is 18.5 Å². The van der Waals surface area contributed by atoms with Gasteiger partial charge in [-0.2, -0.15) is 22.8 Å². The number of carbonyl (C=O) groups excluding carboxylic acids is 2.